The molecule has 0 saturated carbocycles. The SMILES string of the molecule is O=Cc1ccc(Br)cc1Oc1cc(Cl)cc(Cl)c1. The van der Waals surface area contributed by atoms with Crippen molar-refractivity contribution in [3.63, 3.8) is 0 Å². The van der Waals surface area contributed by atoms with Gasteiger partial charge in [0.2, 0.25) is 0 Å². The smallest absolute Gasteiger partial charge is 0.153 e. The number of carbonyl (C=O) groups excluding carboxylic acids is 1. The second-order valence-electron chi connectivity index (χ2n) is 3.51. The van der Waals surface area contributed by atoms with Gasteiger partial charge >= 0.3 is 0 Å². The van der Waals surface area contributed by atoms with Gasteiger partial charge in [-0.15, -0.1) is 0 Å². The van der Waals surface area contributed by atoms with Crippen molar-refractivity contribution < 1.29 is 9.53 Å². The van der Waals surface area contributed by atoms with E-state index in [4.69, 9.17) is 27.9 Å². The number of aldehydes is 1. The van der Waals surface area contributed by atoms with Gasteiger partial charge in [0.25, 0.3) is 0 Å². The Hall–Kier alpha value is -1.03. The third-order valence-electron chi connectivity index (χ3n) is 2.17. The highest BCUT2D eigenvalue weighted by molar-refractivity contribution is 9.10. The quantitative estimate of drug-likeness (QED) is 0.700. The van der Waals surface area contributed by atoms with Gasteiger partial charge in [-0.25, -0.2) is 0 Å². The predicted octanol–water partition coefficient (Wildman–Crippen LogP) is 5.36. The van der Waals surface area contributed by atoms with Crippen LogP contribution in [0.1, 0.15) is 10.4 Å². The normalized spacial score (nSPS) is 10.2. The standard InChI is InChI=1S/C13H7BrCl2O2/c14-9-2-1-8(7-17)13(3-9)18-12-5-10(15)4-11(16)6-12/h1-7H. The van der Waals surface area contributed by atoms with Gasteiger partial charge in [-0.05, 0) is 36.4 Å². The lowest BCUT2D eigenvalue weighted by Gasteiger charge is -2.09. The van der Waals surface area contributed by atoms with Gasteiger partial charge in [0.15, 0.2) is 6.29 Å². The topological polar surface area (TPSA) is 26.3 Å². The summed E-state index contributed by atoms with van der Waals surface area (Å²) in [5.41, 5.74) is 0.453. The summed E-state index contributed by atoms with van der Waals surface area (Å²) in [4.78, 5) is 10.9. The second-order valence-corrected chi connectivity index (χ2v) is 5.30. The summed E-state index contributed by atoms with van der Waals surface area (Å²) in [6.07, 6.45) is 0.730. The molecule has 92 valence electrons. The zero-order valence-corrected chi connectivity index (χ0v) is 12.1. The number of rotatable bonds is 3. The van der Waals surface area contributed by atoms with E-state index in [0.29, 0.717) is 27.1 Å². The lowest BCUT2D eigenvalue weighted by Crippen LogP contribution is -1.90. The number of ether oxygens (including phenoxy) is 1. The molecule has 2 aromatic carbocycles. The first-order valence-electron chi connectivity index (χ1n) is 4.97. The molecule has 0 atom stereocenters. The molecule has 0 fully saturated rings. The zero-order chi connectivity index (χ0) is 13.1. The Morgan fingerprint density at radius 1 is 1.06 bits per heavy atom. The van der Waals surface area contributed by atoms with Gasteiger partial charge in [0.1, 0.15) is 11.5 Å². The average molecular weight is 346 g/mol. The molecule has 0 heterocycles. The molecule has 0 amide bonds. The van der Waals surface area contributed by atoms with Crippen LogP contribution in [-0.2, 0) is 0 Å². The van der Waals surface area contributed by atoms with E-state index < -0.39 is 0 Å². The average Bonchev–Trinajstić information content (AvgIpc) is 2.27. The summed E-state index contributed by atoms with van der Waals surface area (Å²) in [6.45, 7) is 0. The third-order valence-corrected chi connectivity index (χ3v) is 3.10. The Morgan fingerprint density at radius 3 is 2.33 bits per heavy atom. The van der Waals surface area contributed by atoms with Crippen molar-refractivity contribution in [3.05, 3.63) is 56.5 Å². The van der Waals surface area contributed by atoms with Crippen molar-refractivity contribution in [1.82, 2.24) is 0 Å². The lowest BCUT2D eigenvalue weighted by molar-refractivity contribution is 0.112. The molecule has 5 heteroatoms. The molecule has 2 nitrogen and oxygen atoms in total. The molecule has 2 aromatic rings. The van der Waals surface area contributed by atoms with Crippen LogP contribution in [0.5, 0.6) is 11.5 Å². The number of carbonyl (C=O) groups is 1. The van der Waals surface area contributed by atoms with Crippen molar-refractivity contribution in [2.24, 2.45) is 0 Å². The third kappa shape index (κ3) is 3.25. The van der Waals surface area contributed by atoms with Crippen LogP contribution in [0, 0.1) is 0 Å². The maximum Gasteiger partial charge on any atom is 0.153 e. The highest BCUT2D eigenvalue weighted by atomic mass is 79.9. The lowest BCUT2D eigenvalue weighted by atomic mass is 10.2. The van der Waals surface area contributed by atoms with E-state index >= 15 is 0 Å². The second kappa shape index (κ2) is 5.74. The fourth-order valence-corrected chi connectivity index (χ4v) is 2.25. The van der Waals surface area contributed by atoms with Gasteiger partial charge < -0.3 is 4.74 Å². The molecule has 0 N–H and O–H groups in total. The van der Waals surface area contributed by atoms with E-state index in [2.05, 4.69) is 15.9 Å². The highest BCUT2D eigenvalue weighted by Crippen LogP contribution is 2.31. The molecule has 0 unspecified atom stereocenters. The fourth-order valence-electron chi connectivity index (χ4n) is 1.41. The van der Waals surface area contributed by atoms with Crippen LogP contribution in [0.15, 0.2) is 40.9 Å². The van der Waals surface area contributed by atoms with Crippen LogP contribution < -0.4 is 4.74 Å². The molecule has 0 spiro atoms. The molecule has 0 aliphatic heterocycles. The first-order chi connectivity index (χ1) is 8.58. The van der Waals surface area contributed by atoms with Crippen molar-refractivity contribution in [2.75, 3.05) is 0 Å². The van der Waals surface area contributed by atoms with Crippen LogP contribution >= 0.6 is 39.1 Å². The van der Waals surface area contributed by atoms with Gasteiger partial charge in [0, 0.05) is 14.5 Å². The summed E-state index contributed by atoms with van der Waals surface area (Å²) in [5, 5.41) is 0.945. The van der Waals surface area contributed by atoms with E-state index in [-0.39, 0.29) is 0 Å². The molecular formula is C13H7BrCl2O2. The Kier molecular flexibility index (Phi) is 4.27. The molecule has 0 bridgehead atoms. The summed E-state index contributed by atoms with van der Waals surface area (Å²) >= 11 is 15.1. The van der Waals surface area contributed by atoms with Gasteiger partial charge in [-0.3, -0.25) is 4.79 Å². The Balaban J connectivity index is 2.38. The first kappa shape index (κ1) is 13.4. The van der Waals surface area contributed by atoms with Gasteiger partial charge in [-0.1, -0.05) is 39.1 Å². The van der Waals surface area contributed by atoms with Gasteiger partial charge in [0.05, 0.1) is 5.56 Å². The van der Waals surface area contributed by atoms with E-state index in [0.717, 1.165) is 10.8 Å². The van der Waals surface area contributed by atoms with Crippen LogP contribution in [-0.4, -0.2) is 6.29 Å². The molecule has 18 heavy (non-hydrogen) atoms. The molecule has 0 aliphatic carbocycles. The molecule has 0 aromatic heterocycles. The van der Waals surface area contributed by atoms with E-state index in [1.54, 1.807) is 36.4 Å². The molecule has 0 aliphatic rings. The maximum absolute atomic E-state index is 10.9. The Labute approximate surface area is 123 Å². The molecule has 0 radical (unpaired) electrons. The molecule has 0 saturated heterocycles. The maximum atomic E-state index is 10.9. The number of hydrogen-bond acceptors (Lipinski definition) is 2. The largest absolute Gasteiger partial charge is 0.456 e. The summed E-state index contributed by atoms with van der Waals surface area (Å²) in [7, 11) is 0. The van der Waals surface area contributed by atoms with Gasteiger partial charge in [-0.2, -0.15) is 0 Å². The summed E-state index contributed by atoms with van der Waals surface area (Å²) in [6, 6.07) is 10.0. The minimum absolute atomic E-state index is 0.442. The summed E-state index contributed by atoms with van der Waals surface area (Å²) in [5.74, 6) is 0.923. The Bertz CT molecular complexity index is 579. The minimum Gasteiger partial charge on any atom is -0.456 e. The highest BCUT2D eigenvalue weighted by Gasteiger charge is 2.06. The van der Waals surface area contributed by atoms with Crippen molar-refractivity contribution in [1.29, 1.82) is 0 Å². The monoisotopic (exact) mass is 344 g/mol. The number of halogens is 3. The fraction of sp³-hybridized carbons (Fsp3) is 0. The van der Waals surface area contributed by atoms with Crippen LogP contribution in [0.3, 0.4) is 0 Å². The van der Waals surface area contributed by atoms with Crippen molar-refractivity contribution in [3.8, 4) is 11.5 Å². The zero-order valence-electron chi connectivity index (χ0n) is 8.99. The Morgan fingerprint density at radius 2 is 1.72 bits per heavy atom. The summed E-state index contributed by atoms with van der Waals surface area (Å²) < 4.78 is 6.43. The van der Waals surface area contributed by atoms with E-state index in [1.807, 2.05) is 0 Å². The van der Waals surface area contributed by atoms with Crippen LogP contribution in [0.4, 0.5) is 0 Å². The first-order valence-corrected chi connectivity index (χ1v) is 6.52. The number of hydrogen-bond donors (Lipinski definition) is 0. The van der Waals surface area contributed by atoms with E-state index in [1.165, 1.54) is 0 Å². The van der Waals surface area contributed by atoms with Crippen molar-refractivity contribution >= 4 is 45.4 Å². The predicted molar refractivity (Wildman–Crippen MR) is 76.1 cm³/mol. The minimum atomic E-state index is 0.442. The van der Waals surface area contributed by atoms with Crippen molar-refractivity contribution in [2.45, 2.75) is 0 Å². The molecule has 2 rings (SSSR count). The van der Waals surface area contributed by atoms with Crippen LogP contribution in [0.2, 0.25) is 10.0 Å². The number of benzene rings is 2. The van der Waals surface area contributed by atoms with E-state index in [9.17, 15) is 4.79 Å². The molecular weight excluding hydrogens is 339 g/mol. The van der Waals surface area contributed by atoms with Crippen LogP contribution in [0.25, 0.3) is 0 Å².